The van der Waals surface area contributed by atoms with E-state index in [2.05, 4.69) is 35.8 Å². The number of carbonyl (C=O) groups is 1. The molecule has 1 saturated carbocycles. The lowest BCUT2D eigenvalue weighted by molar-refractivity contribution is 0.0804. The van der Waals surface area contributed by atoms with Crippen LogP contribution in [0.3, 0.4) is 0 Å². The van der Waals surface area contributed by atoms with E-state index < -0.39 is 5.54 Å². The summed E-state index contributed by atoms with van der Waals surface area (Å²) in [5.41, 5.74) is 3.52. The second kappa shape index (κ2) is 5.54. The molecule has 0 atom stereocenters. The van der Waals surface area contributed by atoms with Crippen LogP contribution in [0.15, 0.2) is 12.4 Å². The van der Waals surface area contributed by atoms with Crippen LogP contribution in [0.1, 0.15) is 47.0 Å². The van der Waals surface area contributed by atoms with Gasteiger partial charge in [0.1, 0.15) is 17.8 Å². The lowest BCUT2D eigenvalue weighted by Crippen LogP contribution is -2.51. The summed E-state index contributed by atoms with van der Waals surface area (Å²) in [6.07, 6.45) is 4.19. The van der Waals surface area contributed by atoms with Crippen molar-refractivity contribution in [2.75, 3.05) is 0 Å². The largest absolute Gasteiger partial charge is 0.338 e. The average Bonchev–Trinajstić information content (AvgIpc) is 3.26. The van der Waals surface area contributed by atoms with Gasteiger partial charge in [-0.05, 0) is 39.2 Å². The zero-order valence-electron chi connectivity index (χ0n) is 14.4. The van der Waals surface area contributed by atoms with Crippen molar-refractivity contribution in [2.24, 2.45) is 7.05 Å². The molecule has 1 aliphatic rings. The highest BCUT2D eigenvalue weighted by molar-refractivity contribution is 5.94. The number of hydrogen-bond acceptors (Lipinski definition) is 5. The van der Waals surface area contributed by atoms with E-state index in [1.54, 1.807) is 6.07 Å². The maximum absolute atomic E-state index is 12.7. The topological polar surface area (TPSA) is 117 Å². The van der Waals surface area contributed by atoms with Crippen molar-refractivity contribution >= 4 is 5.91 Å². The van der Waals surface area contributed by atoms with Gasteiger partial charge in [0, 0.05) is 18.3 Å². The molecule has 3 N–H and O–H groups in total. The van der Waals surface area contributed by atoms with Crippen molar-refractivity contribution in [3.05, 3.63) is 35.3 Å². The Balaban J connectivity index is 1.59. The average molecular weight is 340 g/mol. The molecule has 0 aliphatic heterocycles. The third kappa shape index (κ3) is 2.43. The summed E-state index contributed by atoms with van der Waals surface area (Å²) in [6, 6.07) is 1.76. The minimum atomic E-state index is -0.459. The number of nitrogens with zero attached hydrogens (tertiary/aromatic N) is 5. The van der Waals surface area contributed by atoms with Gasteiger partial charge in [-0.3, -0.25) is 19.7 Å². The van der Waals surface area contributed by atoms with Crippen molar-refractivity contribution in [1.29, 1.82) is 0 Å². The van der Waals surface area contributed by atoms with Gasteiger partial charge in [0.25, 0.3) is 5.91 Å². The number of nitrogens with one attached hydrogen (secondary N) is 3. The van der Waals surface area contributed by atoms with Gasteiger partial charge in [-0.2, -0.15) is 15.3 Å². The summed E-state index contributed by atoms with van der Waals surface area (Å²) in [5, 5.41) is 21.4. The van der Waals surface area contributed by atoms with Gasteiger partial charge < -0.3 is 5.32 Å². The summed E-state index contributed by atoms with van der Waals surface area (Å²) in [5.74, 6) is 0.500. The predicted molar refractivity (Wildman–Crippen MR) is 89.6 cm³/mol. The molecule has 0 spiro atoms. The smallest absolute Gasteiger partial charge is 0.270 e. The van der Waals surface area contributed by atoms with Gasteiger partial charge in [0.2, 0.25) is 0 Å². The van der Waals surface area contributed by atoms with Gasteiger partial charge in [0.15, 0.2) is 0 Å². The van der Waals surface area contributed by atoms with E-state index in [1.807, 2.05) is 25.6 Å². The molecule has 0 unspecified atom stereocenters. The van der Waals surface area contributed by atoms with Gasteiger partial charge in [-0.15, -0.1) is 0 Å². The Morgan fingerprint density at radius 1 is 1.32 bits per heavy atom. The fourth-order valence-electron chi connectivity index (χ4n) is 3.38. The quantitative estimate of drug-likeness (QED) is 0.663. The molecule has 3 heterocycles. The molecule has 3 aromatic heterocycles. The molecule has 9 heteroatoms. The normalized spacial score (nSPS) is 15.8. The van der Waals surface area contributed by atoms with Crippen LogP contribution in [0.2, 0.25) is 0 Å². The molecule has 3 aromatic rings. The van der Waals surface area contributed by atoms with Crippen molar-refractivity contribution in [2.45, 2.75) is 38.6 Å². The predicted octanol–water partition coefficient (Wildman–Crippen LogP) is 1.35. The number of hydrogen-bond donors (Lipinski definition) is 3. The number of carbonyl (C=O) groups excluding carboxylic acids is 1. The van der Waals surface area contributed by atoms with Gasteiger partial charge in [-0.25, -0.2) is 4.98 Å². The first-order chi connectivity index (χ1) is 12.0. The summed E-state index contributed by atoms with van der Waals surface area (Å²) in [4.78, 5) is 16.9. The lowest BCUT2D eigenvalue weighted by atomic mass is 9.76. The van der Waals surface area contributed by atoms with E-state index in [1.165, 1.54) is 6.33 Å². The van der Waals surface area contributed by atoms with Crippen LogP contribution in [0.25, 0.3) is 11.3 Å². The second-order valence-corrected chi connectivity index (χ2v) is 6.56. The molecule has 1 amide bonds. The SMILES string of the molecule is Cc1nn(C)c(C)c1-c1cc(C(=O)NC2(c3ncn[nH]3)CCC2)[nH]n1. The number of H-pyrrole nitrogens is 2. The molecular weight excluding hydrogens is 320 g/mol. The van der Waals surface area contributed by atoms with Crippen LogP contribution >= 0.6 is 0 Å². The molecule has 0 radical (unpaired) electrons. The van der Waals surface area contributed by atoms with Crippen LogP contribution in [0.5, 0.6) is 0 Å². The summed E-state index contributed by atoms with van der Waals surface area (Å²) in [7, 11) is 1.89. The minimum absolute atomic E-state index is 0.200. The Morgan fingerprint density at radius 3 is 2.68 bits per heavy atom. The zero-order chi connectivity index (χ0) is 17.6. The highest BCUT2D eigenvalue weighted by Crippen LogP contribution is 2.39. The number of aromatic amines is 2. The van der Waals surface area contributed by atoms with E-state index in [0.717, 1.165) is 41.9 Å². The van der Waals surface area contributed by atoms with E-state index in [-0.39, 0.29) is 5.91 Å². The highest BCUT2D eigenvalue weighted by atomic mass is 16.2. The van der Waals surface area contributed by atoms with E-state index in [0.29, 0.717) is 11.5 Å². The van der Waals surface area contributed by atoms with Crippen molar-refractivity contribution in [3.8, 4) is 11.3 Å². The summed E-state index contributed by atoms with van der Waals surface area (Å²) < 4.78 is 1.81. The Hall–Kier alpha value is -2.97. The third-order valence-electron chi connectivity index (χ3n) is 5.02. The van der Waals surface area contributed by atoms with Crippen LogP contribution < -0.4 is 5.32 Å². The minimum Gasteiger partial charge on any atom is -0.338 e. The molecule has 25 heavy (non-hydrogen) atoms. The maximum atomic E-state index is 12.7. The molecular formula is C16H20N8O. The van der Waals surface area contributed by atoms with E-state index in [9.17, 15) is 4.79 Å². The second-order valence-electron chi connectivity index (χ2n) is 6.56. The number of aryl methyl sites for hydroxylation is 2. The monoisotopic (exact) mass is 340 g/mol. The first-order valence-corrected chi connectivity index (χ1v) is 8.24. The van der Waals surface area contributed by atoms with Crippen LogP contribution in [0.4, 0.5) is 0 Å². The van der Waals surface area contributed by atoms with Crippen LogP contribution in [0, 0.1) is 13.8 Å². The highest BCUT2D eigenvalue weighted by Gasteiger charge is 2.43. The van der Waals surface area contributed by atoms with Crippen molar-refractivity contribution in [1.82, 2.24) is 40.5 Å². The van der Waals surface area contributed by atoms with Crippen molar-refractivity contribution in [3.63, 3.8) is 0 Å². The molecule has 9 nitrogen and oxygen atoms in total. The Bertz CT molecular complexity index is 916. The molecule has 1 fully saturated rings. The fraction of sp³-hybridized carbons (Fsp3) is 0.438. The van der Waals surface area contributed by atoms with Gasteiger partial charge >= 0.3 is 0 Å². The fourth-order valence-corrected chi connectivity index (χ4v) is 3.38. The number of aromatic nitrogens is 7. The zero-order valence-corrected chi connectivity index (χ0v) is 14.4. The van der Waals surface area contributed by atoms with Gasteiger partial charge in [-0.1, -0.05) is 0 Å². The van der Waals surface area contributed by atoms with Crippen LogP contribution in [-0.4, -0.2) is 41.1 Å². The standard InChI is InChI=1S/C16H20N8O/c1-9-13(10(2)24(3)23-9)11-7-12(21-20-11)14(25)19-16(5-4-6-16)15-17-8-18-22-15/h7-8H,4-6H2,1-3H3,(H,19,25)(H,20,21)(H,17,18,22). The third-order valence-corrected chi connectivity index (χ3v) is 5.02. The molecule has 0 bridgehead atoms. The lowest BCUT2D eigenvalue weighted by Gasteiger charge is -2.40. The number of rotatable bonds is 4. The summed E-state index contributed by atoms with van der Waals surface area (Å²) >= 11 is 0. The molecule has 0 saturated heterocycles. The molecule has 1 aliphatic carbocycles. The number of amides is 1. The van der Waals surface area contributed by atoms with Crippen LogP contribution in [-0.2, 0) is 12.6 Å². The maximum Gasteiger partial charge on any atom is 0.270 e. The van der Waals surface area contributed by atoms with Crippen molar-refractivity contribution < 1.29 is 4.79 Å². The summed E-state index contributed by atoms with van der Waals surface area (Å²) in [6.45, 7) is 3.92. The first-order valence-electron chi connectivity index (χ1n) is 8.24. The molecule has 130 valence electrons. The van der Waals surface area contributed by atoms with E-state index in [4.69, 9.17) is 0 Å². The van der Waals surface area contributed by atoms with E-state index >= 15 is 0 Å². The molecule has 4 rings (SSSR count). The van der Waals surface area contributed by atoms with Gasteiger partial charge in [0.05, 0.1) is 16.9 Å². The Labute approximate surface area is 144 Å². The molecule has 0 aromatic carbocycles. The Kier molecular flexibility index (Phi) is 3.45. The Morgan fingerprint density at radius 2 is 2.12 bits per heavy atom. The first kappa shape index (κ1) is 15.6.